The molecule has 0 atom stereocenters. The molecule has 0 aliphatic carbocycles. The van der Waals surface area contributed by atoms with Gasteiger partial charge in [-0.3, -0.25) is 19.5 Å². The normalized spacial score (nSPS) is 13.7. The van der Waals surface area contributed by atoms with Crippen molar-refractivity contribution in [3.05, 3.63) is 58.1 Å². The van der Waals surface area contributed by atoms with Crippen LogP contribution in [0, 0.1) is 0 Å². The van der Waals surface area contributed by atoms with Crippen LogP contribution in [-0.2, 0) is 24.2 Å². The fraction of sp³-hybridized carbons (Fsp3) is 0.375. The summed E-state index contributed by atoms with van der Waals surface area (Å²) >= 11 is 1.61. The Morgan fingerprint density at radius 1 is 1.28 bits per heavy atom. The molecule has 4 rings (SSSR count). The van der Waals surface area contributed by atoms with Gasteiger partial charge in [0, 0.05) is 56.1 Å². The molecule has 0 saturated carbocycles. The average molecular weight is 452 g/mol. The summed E-state index contributed by atoms with van der Waals surface area (Å²) < 4.78 is 0. The van der Waals surface area contributed by atoms with Gasteiger partial charge in [-0.1, -0.05) is 18.2 Å². The van der Waals surface area contributed by atoms with Gasteiger partial charge in [0.05, 0.1) is 11.1 Å². The molecule has 0 spiro atoms. The number of rotatable bonds is 9. The summed E-state index contributed by atoms with van der Waals surface area (Å²) in [5.74, 6) is -0.287. The zero-order valence-corrected chi connectivity index (χ0v) is 19.1. The smallest absolute Gasteiger partial charge is 0.251 e. The Kier molecular flexibility index (Phi) is 7.02. The van der Waals surface area contributed by atoms with E-state index in [-0.39, 0.29) is 11.8 Å². The number of thiophene rings is 1. The lowest BCUT2D eigenvalue weighted by Gasteiger charge is -2.27. The monoisotopic (exact) mass is 451 g/mol. The van der Waals surface area contributed by atoms with Gasteiger partial charge in [-0.25, -0.2) is 0 Å². The van der Waals surface area contributed by atoms with E-state index in [9.17, 15) is 9.59 Å². The van der Waals surface area contributed by atoms with E-state index in [4.69, 9.17) is 5.73 Å². The number of nitrogens with zero attached hydrogens (tertiary/aromatic N) is 2. The number of primary amides is 1. The molecule has 3 aromatic rings. The third-order valence-corrected chi connectivity index (χ3v) is 7.10. The first-order chi connectivity index (χ1) is 15.5. The van der Waals surface area contributed by atoms with E-state index in [0.717, 1.165) is 59.5 Å². The molecule has 1 aromatic carbocycles. The second-order valence-corrected chi connectivity index (χ2v) is 9.19. The maximum absolute atomic E-state index is 12.2. The number of hydrogen-bond acceptors (Lipinski definition) is 6. The quantitative estimate of drug-likeness (QED) is 0.434. The van der Waals surface area contributed by atoms with E-state index in [0.29, 0.717) is 24.9 Å². The molecule has 0 unspecified atom stereocenters. The van der Waals surface area contributed by atoms with E-state index in [1.807, 2.05) is 37.5 Å². The summed E-state index contributed by atoms with van der Waals surface area (Å²) in [5, 5.41) is 8.09. The molecule has 32 heavy (non-hydrogen) atoms. The highest BCUT2D eigenvalue weighted by Crippen LogP contribution is 2.36. The van der Waals surface area contributed by atoms with Crippen LogP contribution >= 0.6 is 11.3 Å². The van der Waals surface area contributed by atoms with Crippen LogP contribution in [0.4, 0.5) is 5.00 Å². The highest BCUT2D eigenvalue weighted by atomic mass is 32.1. The molecular formula is C24H29N5O2S. The summed E-state index contributed by atoms with van der Waals surface area (Å²) in [6, 6.07) is 10.1. The number of fused-ring (bicyclic) bond motifs is 2. The second-order valence-electron chi connectivity index (χ2n) is 8.09. The van der Waals surface area contributed by atoms with Gasteiger partial charge in [-0.05, 0) is 42.5 Å². The lowest BCUT2D eigenvalue weighted by molar-refractivity contribution is -0.121. The van der Waals surface area contributed by atoms with Gasteiger partial charge in [0.1, 0.15) is 5.00 Å². The highest BCUT2D eigenvalue weighted by molar-refractivity contribution is 7.16. The molecule has 168 valence electrons. The first kappa shape index (κ1) is 22.2. The molecule has 0 radical (unpaired) electrons. The maximum Gasteiger partial charge on any atom is 0.251 e. The van der Waals surface area contributed by atoms with Crippen molar-refractivity contribution in [2.45, 2.75) is 32.2 Å². The van der Waals surface area contributed by atoms with E-state index < -0.39 is 0 Å². The summed E-state index contributed by atoms with van der Waals surface area (Å²) in [6.45, 7) is 3.30. The zero-order chi connectivity index (χ0) is 22.5. The first-order valence-corrected chi connectivity index (χ1v) is 11.8. The van der Waals surface area contributed by atoms with Crippen molar-refractivity contribution < 1.29 is 9.59 Å². The minimum atomic E-state index is -0.359. The average Bonchev–Trinajstić information content (AvgIpc) is 3.18. The van der Waals surface area contributed by atoms with Crippen molar-refractivity contribution >= 4 is 39.1 Å². The fourth-order valence-corrected chi connectivity index (χ4v) is 5.46. The number of anilines is 1. The number of pyridine rings is 1. The molecule has 0 fully saturated rings. The van der Waals surface area contributed by atoms with Crippen LogP contribution < -0.4 is 16.4 Å². The van der Waals surface area contributed by atoms with Crippen LogP contribution in [-0.4, -0.2) is 48.4 Å². The third-order valence-electron chi connectivity index (χ3n) is 5.87. The van der Waals surface area contributed by atoms with Gasteiger partial charge in [0.25, 0.3) is 5.91 Å². The maximum atomic E-state index is 12.2. The standard InChI is InChI=1S/C24H29N5O2S/c1-26-24-22(23(25)31)18-9-12-29(15-20(18)32-24)11-4-10-27-21(30)8-7-16-13-17-5-2-3-6-19(17)28-14-16/h2-3,5-6,13-14,26H,4,7-12,15H2,1H3,(H2,25,31)(H,27,30). The first-order valence-electron chi connectivity index (χ1n) is 11.0. The fourth-order valence-electron chi connectivity index (χ4n) is 4.21. The molecule has 8 heteroatoms. The van der Waals surface area contributed by atoms with Crippen molar-refractivity contribution in [2.75, 3.05) is 32.0 Å². The number of aromatic nitrogens is 1. The molecule has 1 aliphatic rings. The Labute approximate surface area is 192 Å². The van der Waals surface area contributed by atoms with Crippen LogP contribution in [0.3, 0.4) is 0 Å². The minimum absolute atomic E-state index is 0.0714. The largest absolute Gasteiger partial charge is 0.379 e. The number of nitrogens with two attached hydrogens (primary N) is 1. The zero-order valence-electron chi connectivity index (χ0n) is 18.3. The van der Waals surface area contributed by atoms with Crippen molar-refractivity contribution in [3.63, 3.8) is 0 Å². The molecule has 0 bridgehead atoms. The third kappa shape index (κ3) is 5.08. The van der Waals surface area contributed by atoms with Crippen molar-refractivity contribution in [1.29, 1.82) is 0 Å². The Morgan fingerprint density at radius 3 is 2.94 bits per heavy atom. The van der Waals surface area contributed by atoms with Gasteiger partial charge in [-0.15, -0.1) is 11.3 Å². The summed E-state index contributed by atoms with van der Waals surface area (Å²) in [4.78, 5) is 32.1. The van der Waals surface area contributed by atoms with Crippen LogP contribution in [0.25, 0.3) is 10.9 Å². The Bertz CT molecular complexity index is 1130. The molecule has 2 amide bonds. The van der Waals surface area contributed by atoms with Gasteiger partial charge in [-0.2, -0.15) is 0 Å². The lowest BCUT2D eigenvalue weighted by atomic mass is 10.0. The molecule has 2 aromatic heterocycles. The summed E-state index contributed by atoms with van der Waals surface area (Å²) in [7, 11) is 1.82. The van der Waals surface area contributed by atoms with E-state index in [1.54, 1.807) is 11.3 Å². The topological polar surface area (TPSA) is 100 Å². The number of carbonyl (C=O) groups is 2. The lowest BCUT2D eigenvalue weighted by Crippen LogP contribution is -2.33. The molecule has 7 nitrogen and oxygen atoms in total. The second kappa shape index (κ2) is 10.1. The Balaban J connectivity index is 1.19. The highest BCUT2D eigenvalue weighted by Gasteiger charge is 2.26. The van der Waals surface area contributed by atoms with Gasteiger partial charge in [0.15, 0.2) is 0 Å². The molecule has 0 saturated heterocycles. The molecule has 3 heterocycles. The Morgan fingerprint density at radius 2 is 2.12 bits per heavy atom. The van der Waals surface area contributed by atoms with Gasteiger partial charge < -0.3 is 16.4 Å². The van der Waals surface area contributed by atoms with Crippen molar-refractivity contribution in [1.82, 2.24) is 15.2 Å². The number of hydrogen-bond donors (Lipinski definition) is 3. The number of aryl methyl sites for hydroxylation is 1. The number of carbonyl (C=O) groups excluding carboxylic acids is 2. The number of amides is 2. The van der Waals surface area contributed by atoms with Gasteiger partial charge in [0.2, 0.25) is 5.91 Å². The molecule has 4 N–H and O–H groups in total. The van der Waals surface area contributed by atoms with Crippen molar-refractivity contribution in [2.24, 2.45) is 5.73 Å². The molecule has 1 aliphatic heterocycles. The van der Waals surface area contributed by atoms with Crippen LogP contribution in [0.2, 0.25) is 0 Å². The van der Waals surface area contributed by atoms with E-state index >= 15 is 0 Å². The summed E-state index contributed by atoms with van der Waals surface area (Å²) in [6.07, 6.45) is 4.73. The number of para-hydroxylation sites is 1. The van der Waals surface area contributed by atoms with Crippen molar-refractivity contribution in [3.8, 4) is 0 Å². The SMILES string of the molecule is CNc1sc2c(c1C(N)=O)CCN(CCCNC(=O)CCc1cnc3ccccc3c1)C2. The molecular weight excluding hydrogens is 422 g/mol. The van der Waals surface area contributed by atoms with Crippen LogP contribution in [0.1, 0.15) is 39.2 Å². The van der Waals surface area contributed by atoms with Crippen LogP contribution in [0.15, 0.2) is 36.5 Å². The van der Waals surface area contributed by atoms with Gasteiger partial charge >= 0.3 is 0 Å². The minimum Gasteiger partial charge on any atom is -0.379 e. The predicted molar refractivity (Wildman–Crippen MR) is 129 cm³/mol. The van der Waals surface area contributed by atoms with E-state index in [2.05, 4.69) is 26.6 Å². The summed E-state index contributed by atoms with van der Waals surface area (Å²) in [5.41, 5.74) is 9.38. The van der Waals surface area contributed by atoms with Crippen LogP contribution in [0.5, 0.6) is 0 Å². The van der Waals surface area contributed by atoms with E-state index in [1.165, 1.54) is 4.88 Å². The predicted octanol–water partition coefficient (Wildman–Crippen LogP) is 2.93. The number of nitrogens with one attached hydrogen (secondary N) is 2. The number of benzene rings is 1. The Hall–Kier alpha value is -2.97.